The molecule has 0 saturated carbocycles. The summed E-state index contributed by atoms with van der Waals surface area (Å²) in [6.45, 7) is 4.29. The minimum absolute atomic E-state index is 0.109. The van der Waals surface area contributed by atoms with Crippen LogP contribution in [0.3, 0.4) is 0 Å². The normalized spacial score (nSPS) is 16.3. The fourth-order valence-electron chi connectivity index (χ4n) is 3.49. The van der Waals surface area contributed by atoms with Crippen LogP contribution in [0, 0.1) is 10.1 Å². The number of non-ortho nitro benzene ring substituents is 1. The number of nitrogens with one attached hydrogen (secondary N) is 2. The van der Waals surface area contributed by atoms with Crippen LogP contribution < -0.4 is 10.0 Å². The number of carbonyl (C=O) groups excluding carboxylic acids is 1. The van der Waals surface area contributed by atoms with E-state index in [-0.39, 0.29) is 16.3 Å². The molecule has 0 aromatic heterocycles. The third-order valence-corrected chi connectivity index (χ3v) is 6.91. The largest absolute Gasteiger partial charge is 0.466 e. The van der Waals surface area contributed by atoms with Crippen LogP contribution in [0.25, 0.3) is 0 Å². The maximum absolute atomic E-state index is 12.6. The number of sulfonamides is 1. The van der Waals surface area contributed by atoms with Gasteiger partial charge >= 0.3 is 5.97 Å². The zero-order chi connectivity index (χ0) is 24.3. The van der Waals surface area contributed by atoms with Crippen molar-refractivity contribution < 1.29 is 22.9 Å². The summed E-state index contributed by atoms with van der Waals surface area (Å²) in [6.07, 6.45) is 0. The first-order valence-corrected chi connectivity index (χ1v) is 11.7. The number of ether oxygens (including phenoxy) is 1. The summed E-state index contributed by atoms with van der Waals surface area (Å²) in [5.41, 5.74) is 1.85. The topological polar surface area (TPSA) is 131 Å². The lowest BCUT2D eigenvalue weighted by Gasteiger charge is -2.36. The van der Waals surface area contributed by atoms with Crippen molar-refractivity contribution in [2.24, 2.45) is 0 Å². The van der Waals surface area contributed by atoms with E-state index in [9.17, 15) is 23.3 Å². The molecule has 0 bridgehead atoms. The first kappa shape index (κ1) is 24.1. The van der Waals surface area contributed by atoms with Crippen LogP contribution in [0.5, 0.6) is 0 Å². The summed E-state index contributed by atoms with van der Waals surface area (Å²) in [6, 6.07) is 10.5. The molecule has 0 fully saturated rings. The molecule has 2 aromatic carbocycles. The van der Waals surface area contributed by atoms with Gasteiger partial charge in [-0.25, -0.2) is 13.2 Å². The summed E-state index contributed by atoms with van der Waals surface area (Å²) >= 11 is 5.43. The molecule has 0 saturated heterocycles. The molecule has 1 aliphatic heterocycles. The van der Waals surface area contributed by atoms with Crippen LogP contribution >= 0.6 is 12.2 Å². The van der Waals surface area contributed by atoms with E-state index in [0.717, 1.165) is 24.3 Å². The van der Waals surface area contributed by atoms with Gasteiger partial charge in [0.2, 0.25) is 0 Å². The molecule has 0 aliphatic carbocycles. The Morgan fingerprint density at radius 3 is 2.33 bits per heavy atom. The van der Waals surface area contributed by atoms with Gasteiger partial charge in [-0.15, -0.1) is 0 Å². The second-order valence-corrected chi connectivity index (χ2v) is 9.17. The second kappa shape index (κ2) is 9.55. The molecule has 174 valence electrons. The smallest absolute Gasteiger partial charge is 0.337 e. The molecule has 0 radical (unpaired) electrons. The number of carbonyl (C=O) groups is 1. The first-order chi connectivity index (χ1) is 15.6. The Bertz CT molecular complexity index is 1220. The Hall–Kier alpha value is -3.51. The van der Waals surface area contributed by atoms with E-state index in [0.29, 0.717) is 28.5 Å². The molecule has 2 N–H and O–H groups in total. The molecule has 10 nitrogen and oxygen atoms in total. The fraction of sp³-hybridized carbons (Fsp3) is 0.238. The van der Waals surface area contributed by atoms with Gasteiger partial charge in [-0.3, -0.25) is 14.8 Å². The number of benzene rings is 2. The molecule has 1 aliphatic rings. The van der Waals surface area contributed by atoms with Gasteiger partial charge in [-0.05, 0) is 55.9 Å². The predicted octanol–water partition coefficient (Wildman–Crippen LogP) is 3.09. The van der Waals surface area contributed by atoms with Crippen LogP contribution in [0.15, 0.2) is 64.7 Å². The Kier molecular flexibility index (Phi) is 6.98. The number of hydrogen-bond donors (Lipinski definition) is 2. The van der Waals surface area contributed by atoms with Gasteiger partial charge in [0.1, 0.15) is 0 Å². The summed E-state index contributed by atoms with van der Waals surface area (Å²) in [5.74, 6) is -0.492. The van der Waals surface area contributed by atoms with Gasteiger partial charge in [-0.1, -0.05) is 12.1 Å². The van der Waals surface area contributed by atoms with Gasteiger partial charge in [0, 0.05) is 30.1 Å². The quantitative estimate of drug-likeness (QED) is 0.260. The van der Waals surface area contributed by atoms with Crippen molar-refractivity contribution in [1.82, 2.24) is 10.2 Å². The van der Waals surface area contributed by atoms with Gasteiger partial charge in [0.25, 0.3) is 15.7 Å². The van der Waals surface area contributed by atoms with Crippen LogP contribution in [-0.4, -0.2) is 43.0 Å². The molecule has 1 unspecified atom stereocenters. The monoisotopic (exact) mass is 490 g/mol. The average molecular weight is 491 g/mol. The van der Waals surface area contributed by atoms with E-state index in [1.54, 1.807) is 36.1 Å². The number of hydrogen-bond acceptors (Lipinski definition) is 7. The average Bonchev–Trinajstić information content (AvgIpc) is 2.79. The van der Waals surface area contributed by atoms with Crippen LogP contribution in [0.1, 0.15) is 25.5 Å². The van der Waals surface area contributed by atoms with Crippen LogP contribution in [0.2, 0.25) is 0 Å². The maximum atomic E-state index is 12.6. The Balaban J connectivity index is 1.87. The molecular weight excluding hydrogens is 468 g/mol. The number of thiocarbonyl (C=S) groups is 1. The highest BCUT2D eigenvalue weighted by molar-refractivity contribution is 7.92. The summed E-state index contributed by atoms with van der Waals surface area (Å²) in [4.78, 5) is 24.3. The fourth-order valence-corrected chi connectivity index (χ4v) is 4.93. The van der Waals surface area contributed by atoms with Gasteiger partial charge in [0.15, 0.2) is 5.11 Å². The molecular formula is C21H22N4O6S2. The molecule has 0 spiro atoms. The summed E-state index contributed by atoms with van der Waals surface area (Å²) in [7, 11) is -2.64. The Morgan fingerprint density at radius 1 is 1.21 bits per heavy atom. The highest BCUT2D eigenvalue weighted by Gasteiger charge is 2.34. The molecule has 1 atom stereocenters. The maximum Gasteiger partial charge on any atom is 0.337 e. The Morgan fingerprint density at radius 2 is 1.82 bits per heavy atom. The van der Waals surface area contributed by atoms with Crippen molar-refractivity contribution in [3.8, 4) is 0 Å². The number of nitro groups is 1. The highest BCUT2D eigenvalue weighted by atomic mass is 32.2. The van der Waals surface area contributed by atoms with Crippen molar-refractivity contribution in [1.29, 1.82) is 0 Å². The predicted molar refractivity (Wildman–Crippen MR) is 126 cm³/mol. The van der Waals surface area contributed by atoms with E-state index < -0.39 is 27.0 Å². The molecule has 3 rings (SSSR count). The lowest BCUT2D eigenvalue weighted by molar-refractivity contribution is -0.384. The third-order valence-electron chi connectivity index (χ3n) is 5.17. The van der Waals surface area contributed by atoms with E-state index in [1.807, 2.05) is 6.92 Å². The second-order valence-electron chi connectivity index (χ2n) is 7.10. The lowest BCUT2D eigenvalue weighted by Crippen LogP contribution is -2.47. The number of nitro benzene ring substituents is 1. The van der Waals surface area contributed by atoms with Crippen molar-refractivity contribution in [2.75, 3.05) is 18.4 Å². The van der Waals surface area contributed by atoms with Crippen molar-refractivity contribution >= 4 is 44.7 Å². The van der Waals surface area contributed by atoms with Crippen LogP contribution in [-0.2, 0) is 19.6 Å². The molecule has 12 heteroatoms. The van der Waals surface area contributed by atoms with Crippen molar-refractivity contribution in [3.63, 3.8) is 0 Å². The molecule has 0 amide bonds. The van der Waals surface area contributed by atoms with E-state index in [2.05, 4.69) is 10.0 Å². The minimum Gasteiger partial charge on any atom is -0.466 e. The zero-order valence-corrected chi connectivity index (χ0v) is 19.7. The zero-order valence-electron chi connectivity index (χ0n) is 18.1. The first-order valence-electron chi connectivity index (χ1n) is 9.83. The van der Waals surface area contributed by atoms with Gasteiger partial charge < -0.3 is 15.0 Å². The molecule has 1 heterocycles. The number of methoxy groups -OCH3 is 1. The van der Waals surface area contributed by atoms with Crippen molar-refractivity contribution in [2.45, 2.75) is 24.8 Å². The van der Waals surface area contributed by atoms with Crippen molar-refractivity contribution in [3.05, 3.63) is 75.5 Å². The lowest BCUT2D eigenvalue weighted by atomic mass is 9.95. The molecule has 33 heavy (non-hydrogen) atoms. The summed E-state index contributed by atoms with van der Waals surface area (Å²) in [5, 5.41) is 14.4. The standard InChI is InChI=1S/C21H22N4O6S2/c1-4-24-13(2)18(20(26)31-3)19(22-21(24)32)14-5-7-15(8-6-14)23-33(29,30)17-11-9-16(10-12-17)25(27)28/h5-12,19,23H,4H2,1-3H3,(H,22,32). The molecule has 2 aromatic rings. The van der Waals surface area contributed by atoms with E-state index >= 15 is 0 Å². The van der Waals surface area contributed by atoms with Gasteiger partial charge in [0.05, 0.1) is 28.5 Å². The highest BCUT2D eigenvalue weighted by Crippen LogP contribution is 2.32. The van der Waals surface area contributed by atoms with Gasteiger partial charge in [-0.2, -0.15) is 0 Å². The number of allylic oxidation sites excluding steroid dienone is 1. The summed E-state index contributed by atoms with van der Waals surface area (Å²) < 4.78 is 32.6. The van der Waals surface area contributed by atoms with E-state index in [1.165, 1.54) is 7.11 Å². The Labute approximate surface area is 196 Å². The number of nitrogens with zero attached hydrogens (tertiary/aromatic N) is 2. The number of esters is 1. The third kappa shape index (κ3) is 4.96. The minimum atomic E-state index is -3.95. The van der Waals surface area contributed by atoms with Crippen LogP contribution in [0.4, 0.5) is 11.4 Å². The SMILES string of the molecule is CCN1C(=S)NC(c2ccc(NS(=O)(=O)c3ccc([N+](=O)[O-])cc3)cc2)C(C(=O)OC)=C1C. The van der Waals surface area contributed by atoms with E-state index in [4.69, 9.17) is 17.0 Å². The number of anilines is 1. The number of rotatable bonds is 7.